The van der Waals surface area contributed by atoms with E-state index in [0.29, 0.717) is 5.13 Å². The Balaban J connectivity index is 0.00000243. The number of likely N-dealkylation sites (N-methyl/N-ethyl adjacent to an activating group) is 1. The van der Waals surface area contributed by atoms with Gasteiger partial charge in [-0.2, -0.15) is 0 Å². The predicted octanol–water partition coefficient (Wildman–Crippen LogP) is 1.02. The molecule has 0 spiro atoms. The molecule has 2 heterocycles. The van der Waals surface area contributed by atoms with Gasteiger partial charge >= 0.3 is 0 Å². The van der Waals surface area contributed by atoms with Gasteiger partial charge in [0.15, 0.2) is 0 Å². The molecule has 2 aromatic heterocycles. The molecular formula is C18H23BrN6S. The first-order chi connectivity index (χ1) is 12.2. The van der Waals surface area contributed by atoms with Gasteiger partial charge in [-0.15, -0.1) is 21.6 Å². The quantitative estimate of drug-likeness (QED) is 0.411. The Morgan fingerprint density at radius 1 is 1.31 bits per heavy atom. The molecular weight excluding hydrogens is 412 g/mol. The van der Waals surface area contributed by atoms with Crippen LogP contribution in [0.3, 0.4) is 0 Å². The lowest BCUT2D eigenvalue weighted by atomic mass is 10.1. The van der Waals surface area contributed by atoms with Gasteiger partial charge in [0.2, 0.25) is 11.5 Å². The number of aromatic nitrogens is 3. The van der Waals surface area contributed by atoms with Crippen LogP contribution in [0.25, 0.3) is 0 Å². The van der Waals surface area contributed by atoms with Crippen LogP contribution in [0.4, 0.5) is 16.5 Å². The molecule has 0 unspecified atom stereocenters. The minimum Gasteiger partial charge on any atom is -1.00 e. The van der Waals surface area contributed by atoms with E-state index in [2.05, 4.69) is 73.9 Å². The highest BCUT2D eigenvalue weighted by Gasteiger charge is 2.09. The van der Waals surface area contributed by atoms with Crippen LogP contribution in [-0.4, -0.2) is 22.6 Å². The summed E-state index contributed by atoms with van der Waals surface area (Å²) < 4.78 is 4.26. The zero-order valence-corrected chi connectivity index (χ0v) is 17.6. The topological polar surface area (TPSA) is 49.7 Å². The molecule has 3 rings (SSSR count). The maximum Gasteiger partial charge on any atom is 0.243 e. The lowest BCUT2D eigenvalue weighted by molar-refractivity contribution is -0.671. The van der Waals surface area contributed by atoms with Gasteiger partial charge in [-0.25, -0.2) is 14.1 Å². The number of hydrogen-bond donors (Lipinski definition) is 0. The van der Waals surface area contributed by atoms with Crippen LogP contribution in [-0.2, 0) is 13.6 Å². The first-order valence-corrected chi connectivity index (χ1v) is 9.21. The van der Waals surface area contributed by atoms with Gasteiger partial charge in [-0.1, -0.05) is 0 Å². The van der Waals surface area contributed by atoms with Gasteiger partial charge < -0.3 is 21.9 Å². The molecule has 8 heteroatoms. The molecule has 0 bridgehead atoms. The average Bonchev–Trinajstić information content (AvgIpc) is 3.26. The third-order valence-electron chi connectivity index (χ3n) is 4.04. The second kappa shape index (κ2) is 9.59. The number of azo groups is 1. The van der Waals surface area contributed by atoms with Crippen molar-refractivity contribution in [3.05, 3.63) is 54.1 Å². The van der Waals surface area contributed by atoms with E-state index in [9.17, 15) is 0 Å². The normalized spacial score (nSPS) is 10.9. The summed E-state index contributed by atoms with van der Waals surface area (Å²) in [4.78, 5) is 6.49. The molecule has 6 nitrogen and oxygen atoms in total. The van der Waals surface area contributed by atoms with E-state index in [0.717, 1.165) is 30.9 Å². The van der Waals surface area contributed by atoms with E-state index in [4.69, 9.17) is 0 Å². The highest BCUT2D eigenvalue weighted by molar-refractivity contribution is 7.13. The number of rotatable bonds is 7. The summed E-state index contributed by atoms with van der Waals surface area (Å²) in [6.07, 6.45) is 7.99. The Morgan fingerprint density at radius 2 is 2.15 bits per heavy atom. The minimum atomic E-state index is 0. The summed E-state index contributed by atoms with van der Waals surface area (Å²) in [7, 11) is 2.04. The molecule has 0 radical (unpaired) electrons. The van der Waals surface area contributed by atoms with Crippen molar-refractivity contribution in [2.24, 2.45) is 17.3 Å². The second-order valence-electron chi connectivity index (χ2n) is 5.88. The summed E-state index contributed by atoms with van der Waals surface area (Å²) in [5, 5.41) is 11.1. The van der Waals surface area contributed by atoms with E-state index in [1.54, 1.807) is 6.20 Å². The first kappa shape index (κ1) is 20.3. The molecule has 138 valence electrons. The van der Waals surface area contributed by atoms with E-state index in [1.165, 1.54) is 17.0 Å². The largest absolute Gasteiger partial charge is 1.00 e. The van der Waals surface area contributed by atoms with Crippen molar-refractivity contribution < 1.29 is 21.5 Å². The van der Waals surface area contributed by atoms with Gasteiger partial charge in [0.25, 0.3) is 0 Å². The van der Waals surface area contributed by atoms with Crippen LogP contribution in [0.1, 0.15) is 12.5 Å². The predicted molar refractivity (Wildman–Crippen MR) is 101 cm³/mol. The van der Waals surface area contributed by atoms with Crippen molar-refractivity contribution in [2.75, 3.05) is 18.0 Å². The molecule has 0 saturated carbocycles. The van der Waals surface area contributed by atoms with E-state index >= 15 is 0 Å². The summed E-state index contributed by atoms with van der Waals surface area (Å²) in [6, 6.07) is 6.32. The Hall–Kier alpha value is -2.06. The SMILES string of the molecule is CCN(CCn1cc[n+](C)c1)c1ccc(/N=N/c2nccs2)c(C)c1.[Br-]. The fourth-order valence-electron chi connectivity index (χ4n) is 2.65. The van der Waals surface area contributed by atoms with Crippen molar-refractivity contribution in [2.45, 2.75) is 20.4 Å². The van der Waals surface area contributed by atoms with Gasteiger partial charge in [0.05, 0.1) is 19.3 Å². The van der Waals surface area contributed by atoms with Crippen molar-refractivity contribution in [3.63, 3.8) is 0 Å². The zero-order valence-electron chi connectivity index (χ0n) is 15.2. The molecule has 1 aromatic carbocycles. The van der Waals surface area contributed by atoms with Crippen LogP contribution in [0.2, 0.25) is 0 Å². The van der Waals surface area contributed by atoms with Crippen LogP contribution in [0.5, 0.6) is 0 Å². The number of aryl methyl sites for hydroxylation is 2. The van der Waals surface area contributed by atoms with Crippen LogP contribution in [0.15, 0.2) is 58.7 Å². The Morgan fingerprint density at radius 3 is 2.77 bits per heavy atom. The van der Waals surface area contributed by atoms with Gasteiger partial charge in [0.1, 0.15) is 18.9 Å². The molecule has 0 atom stereocenters. The third kappa shape index (κ3) is 5.22. The zero-order chi connectivity index (χ0) is 17.6. The number of hydrogen-bond acceptors (Lipinski definition) is 5. The van der Waals surface area contributed by atoms with Crippen LogP contribution < -0.4 is 26.4 Å². The van der Waals surface area contributed by atoms with Crippen LogP contribution >= 0.6 is 11.3 Å². The molecule has 0 aliphatic carbocycles. The van der Waals surface area contributed by atoms with Crippen molar-refractivity contribution in [3.8, 4) is 0 Å². The number of benzene rings is 1. The van der Waals surface area contributed by atoms with Crippen molar-refractivity contribution in [1.82, 2.24) is 9.55 Å². The van der Waals surface area contributed by atoms with Crippen molar-refractivity contribution >= 4 is 27.8 Å². The highest BCUT2D eigenvalue weighted by Crippen LogP contribution is 2.27. The second-order valence-corrected chi connectivity index (χ2v) is 6.76. The van der Waals surface area contributed by atoms with Gasteiger partial charge in [-0.05, 0) is 37.6 Å². The minimum absolute atomic E-state index is 0. The summed E-state index contributed by atoms with van der Waals surface area (Å²) >= 11 is 1.48. The van der Waals surface area contributed by atoms with E-state index in [1.807, 2.05) is 18.5 Å². The maximum atomic E-state index is 4.32. The number of imidazole rings is 1. The molecule has 0 aliphatic rings. The maximum absolute atomic E-state index is 4.32. The number of nitrogens with zero attached hydrogens (tertiary/aromatic N) is 6. The van der Waals surface area contributed by atoms with E-state index in [-0.39, 0.29) is 17.0 Å². The summed E-state index contributed by atoms with van der Waals surface area (Å²) in [5.74, 6) is 0. The number of anilines is 1. The van der Waals surface area contributed by atoms with Crippen LogP contribution in [0, 0.1) is 6.92 Å². The van der Waals surface area contributed by atoms with Gasteiger partial charge in [0, 0.05) is 23.8 Å². The highest BCUT2D eigenvalue weighted by atomic mass is 79.9. The fourth-order valence-corrected chi connectivity index (χ4v) is 3.10. The average molecular weight is 435 g/mol. The monoisotopic (exact) mass is 434 g/mol. The van der Waals surface area contributed by atoms with Gasteiger partial charge in [-0.3, -0.25) is 0 Å². The Labute approximate surface area is 168 Å². The smallest absolute Gasteiger partial charge is 0.243 e. The molecule has 0 N–H and O–H groups in total. The van der Waals surface area contributed by atoms with Crippen molar-refractivity contribution in [1.29, 1.82) is 0 Å². The molecule has 0 saturated heterocycles. The molecule has 26 heavy (non-hydrogen) atoms. The fraction of sp³-hybridized carbons (Fsp3) is 0.333. The summed E-state index contributed by atoms with van der Waals surface area (Å²) in [6.45, 7) is 7.14. The molecule has 0 aliphatic heterocycles. The molecule has 0 amide bonds. The summed E-state index contributed by atoms with van der Waals surface area (Å²) in [5.41, 5.74) is 3.21. The lowest BCUT2D eigenvalue weighted by Gasteiger charge is -2.22. The number of thiazole rings is 1. The standard InChI is InChI=1S/C18H23N6S.BrH/c1-4-24(11-10-23-9-8-22(3)14-23)16-5-6-17(15(2)13-16)20-21-18-19-7-12-25-18;/h5-9,12-14H,4,10-11H2,1-3H3;1H/q+1;/p-1/b21-20+;. The molecule has 3 aromatic rings. The molecule has 0 fully saturated rings. The third-order valence-corrected chi connectivity index (χ3v) is 4.70. The van der Waals surface area contributed by atoms with E-state index < -0.39 is 0 Å². The lowest BCUT2D eigenvalue weighted by Crippen LogP contribution is -3.00. The Bertz CT molecular complexity index is 843. The number of halogens is 1. The Kier molecular flexibility index (Phi) is 7.47. The first-order valence-electron chi connectivity index (χ1n) is 8.33.